The molecule has 0 aliphatic carbocycles. The molecule has 0 bridgehead atoms. The van der Waals surface area contributed by atoms with E-state index in [4.69, 9.17) is 33.2 Å². The monoisotopic (exact) mass is 997 g/mol. The van der Waals surface area contributed by atoms with Crippen LogP contribution in [0.1, 0.15) is 19.8 Å². The molecule has 22 atom stereocenters. The summed E-state index contributed by atoms with van der Waals surface area (Å²) in [6.45, 7) is -6.33. The van der Waals surface area contributed by atoms with E-state index in [1.807, 2.05) is 10.6 Å². The Morgan fingerprint density at radius 1 is 0.647 bits per heavy atom. The third-order valence-corrected chi connectivity index (χ3v) is 11.6. The van der Waals surface area contributed by atoms with Crippen LogP contribution < -0.4 is 16.0 Å². The van der Waals surface area contributed by atoms with Gasteiger partial charge in [0.25, 0.3) is 11.6 Å². The highest BCUT2D eigenvalue weighted by Crippen LogP contribution is 2.39. The van der Waals surface area contributed by atoms with Crippen molar-refractivity contribution in [1.29, 1.82) is 0 Å². The summed E-state index contributed by atoms with van der Waals surface area (Å²) in [7, 11) is 0. The van der Waals surface area contributed by atoms with Gasteiger partial charge in [-0.3, -0.25) is 14.4 Å². The fourth-order valence-corrected chi connectivity index (χ4v) is 8.04. The number of aliphatic carboxylic acids is 2. The van der Waals surface area contributed by atoms with E-state index in [2.05, 4.69) is 5.32 Å². The van der Waals surface area contributed by atoms with Crippen LogP contribution in [0.3, 0.4) is 0 Å². The Labute approximate surface area is 382 Å². The van der Waals surface area contributed by atoms with Gasteiger partial charge in [-0.05, 0) is 0 Å². The molecule has 4 heterocycles. The predicted molar refractivity (Wildman–Crippen MR) is 206 cm³/mol. The van der Waals surface area contributed by atoms with Crippen LogP contribution in [0, 0.1) is 0 Å². The van der Waals surface area contributed by atoms with Crippen molar-refractivity contribution in [1.82, 2.24) is 16.0 Å². The number of aliphatic hydroxyl groups excluding tert-OH is 15. The third-order valence-electron chi connectivity index (χ3n) is 11.6. The van der Waals surface area contributed by atoms with E-state index in [1.54, 1.807) is 0 Å². The first-order valence-electron chi connectivity index (χ1n) is 20.7. The minimum absolute atomic E-state index is 0.844. The number of carboxylic acids is 2. The lowest BCUT2D eigenvalue weighted by atomic mass is 9.87. The van der Waals surface area contributed by atoms with Crippen LogP contribution in [-0.2, 0) is 57.1 Å². The molecule has 3 amide bonds. The van der Waals surface area contributed by atoms with Gasteiger partial charge in [-0.25, -0.2) is 9.59 Å². The summed E-state index contributed by atoms with van der Waals surface area (Å²) in [5, 5.41) is 184. The second kappa shape index (κ2) is 24.1. The van der Waals surface area contributed by atoms with E-state index in [0.717, 1.165) is 6.92 Å². The van der Waals surface area contributed by atoms with Gasteiger partial charge in [0, 0.05) is 19.8 Å². The Morgan fingerprint density at radius 3 is 1.66 bits per heavy atom. The molecule has 4 aliphatic rings. The van der Waals surface area contributed by atoms with Gasteiger partial charge in [-0.2, -0.15) is 0 Å². The molecule has 4 aliphatic heterocycles. The van der Waals surface area contributed by atoms with E-state index in [1.165, 1.54) is 0 Å². The van der Waals surface area contributed by atoms with E-state index in [-0.39, 0.29) is 0 Å². The molecule has 0 aromatic rings. The number of nitrogens with one attached hydrogen (secondary N) is 3. The van der Waals surface area contributed by atoms with Gasteiger partial charge in [0.15, 0.2) is 12.6 Å². The maximum atomic E-state index is 13.1. The molecular weight excluding hydrogens is 938 g/mol. The molecule has 0 unspecified atom stereocenters. The summed E-state index contributed by atoms with van der Waals surface area (Å²) in [4.78, 5) is 62.6. The van der Waals surface area contributed by atoms with Crippen molar-refractivity contribution in [2.75, 3.05) is 39.6 Å². The van der Waals surface area contributed by atoms with E-state index < -0.39 is 216 Å². The molecule has 4 fully saturated rings. The highest BCUT2D eigenvalue weighted by molar-refractivity contribution is 5.79. The summed E-state index contributed by atoms with van der Waals surface area (Å²) in [6, 6.07) is -5.59. The number of carbonyl (C=O) groups is 5. The van der Waals surface area contributed by atoms with Crippen LogP contribution in [0.2, 0.25) is 0 Å². The summed E-state index contributed by atoms with van der Waals surface area (Å²) in [5.74, 6) is -14.2. The summed E-state index contributed by atoms with van der Waals surface area (Å²) in [6.07, 6.45) is -38.7. The normalized spacial score (nSPS) is 40.5. The van der Waals surface area contributed by atoms with Gasteiger partial charge in [-0.15, -0.1) is 0 Å². The predicted octanol–water partition coefficient (Wildman–Crippen LogP) is -13.0. The molecule has 32 nitrogen and oxygen atoms in total. The molecule has 392 valence electrons. The number of amides is 3. The van der Waals surface area contributed by atoms with Crippen LogP contribution in [0.15, 0.2) is 0 Å². The number of hydrogen-bond donors (Lipinski definition) is 20. The number of ether oxygens (including phenoxy) is 7. The lowest BCUT2D eigenvalue weighted by Gasteiger charge is -2.50. The zero-order chi connectivity index (χ0) is 51.2. The summed E-state index contributed by atoms with van der Waals surface area (Å²) in [5.41, 5.74) is 0. The molecule has 0 radical (unpaired) electrons. The maximum absolute atomic E-state index is 13.1. The minimum Gasteiger partial charge on any atom is -0.477 e. The Hall–Kier alpha value is -3.53. The van der Waals surface area contributed by atoms with Gasteiger partial charge in [0.05, 0.1) is 50.7 Å². The van der Waals surface area contributed by atoms with Crippen LogP contribution in [0.25, 0.3) is 0 Å². The van der Waals surface area contributed by atoms with E-state index in [9.17, 15) is 111 Å². The average Bonchev–Trinajstić information content (AvgIpc) is 3.30. The van der Waals surface area contributed by atoms with Gasteiger partial charge in [-0.1, -0.05) is 0 Å². The van der Waals surface area contributed by atoms with Gasteiger partial charge in [0.2, 0.25) is 17.7 Å². The molecule has 20 N–H and O–H groups in total. The Bertz CT molecular complexity index is 1720. The highest BCUT2D eigenvalue weighted by Gasteiger charge is 2.61. The molecule has 4 saturated heterocycles. The quantitative estimate of drug-likeness (QED) is 0.0508. The molecule has 0 spiro atoms. The molecular formula is C36H59N3O29. The van der Waals surface area contributed by atoms with Crippen LogP contribution in [0.5, 0.6) is 0 Å². The molecule has 0 aromatic heterocycles. The highest BCUT2D eigenvalue weighted by atomic mass is 16.8. The van der Waals surface area contributed by atoms with Crippen molar-refractivity contribution in [3.63, 3.8) is 0 Å². The fourth-order valence-electron chi connectivity index (χ4n) is 8.04. The minimum atomic E-state index is -3.31. The first-order valence-corrected chi connectivity index (χ1v) is 20.7. The Kier molecular flexibility index (Phi) is 20.2. The number of rotatable bonds is 21. The third kappa shape index (κ3) is 12.5. The lowest BCUT2D eigenvalue weighted by molar-refractivity contribution is -0.356. The summed E-state index contributed by atoms with van der Waals surface area (Å²) >= 11 is 0. The largest absolute Gasteiger partial charge is 0.477 e. The fraction of sp³-hybridized carbons (Fsp3) is 0.861. The topological polar surface area (TPSA) is 530 Å². The van der Waals surface area contributed by atoms with E-state index >= 15 is 0 Å². The number of carbonyl (C=O) groups excluding carboxylic acids is 3. The SMILES string of the molecule is CC(=O)N[C@@H]1[C@@H](O[C@@H]2O[C@H](CO)[C@H](O)[C@H](O)[C@H]2O)[C@@H](O)[C@@H](CO[C@]2(C(=O)O)C[C@H](O)[C@@H](NC(=O)CO)[C@H]([C@H](O)[C@@H](CO)O[C@]3(C(=O)O)C[C@H](O)[C@@H](NC(=O)CO)[C@H]([C@H](O)[C@H](O)CO)O3)O2)O[C@@H]1O. The van der Waals surface area contributed by atoms with Crippen molar-refractivity contribution < 1.29 is 144 Å². The molecule has 4 rings (SSSR count). The standard InChI is InChI=1S/C36H59N3O29/c1-10(45)37-21-28(65-32-27(56)26(55)23(52)14(5-41)64-32)25(54)16(63-31(21)57)9-62-35(33(58)59)2-11(46)20(39-18(50)8-44)30(67-35)24(53)15(6-42)66-36(34(60)61)3-12(47)19(38-17(49)7-43)29(68-36)22(51)13(48)4-40/h11-16,19-32,40-44,46-48,51-57H,2-9H2,1H3,(H,37,45)(H,38,49)(H,39,50)(H,58,59)(H,60,61)/t11-,12-,13+,14+,15+,16+,19+,20+,21+,22+,23-,24+,25-,26-,27+,28+,29+,30+,31-,32-,35+,36+/m0/s1. The smallest absolute Gasteiger partial charge is 0.364 e. The zero-order valence-electron chi connectivity index (χ0n) is 35.7. The van der Waals surface area contributed by atoms with Gasteiger partial charge < -0.3 is 136 Å². The molecule has 32 heteroatoms. The van der Waals surface area contributed by atoms with Crippen LogP contribution in [0.4, 0.5) is 0 Å². The first-order chi connectivity index (χ1) is 31.8. The van der Waals surface area contributed by atoms with Crippen molar-refractivity contribution in [3.05, 3.63) is 0 Å². The van der Waals surface area contributed by atoms with E-state index in [0.29, 0.717) is 0 Å². The molecule has 68 heavy (non-hydrogen) atoms. The first kappa shape index (κ1) is 57.1. The zero-order valence-corrected chi connectivity index (χ0v) is 35.7. The lowest BCUT2D eigenvalue weighted by Crippen LogP contribution is -2.71. The Balaban J connectivity index is 1.68. The maximum Gasteiger partial charge on any atom is 0.364 e. The van der Waals surface area contributed by atoms with Crippen molar-refractivity contribution >= 4 is 29.7 Å². The average molecular weight is 998 g/mol. The summed E-state index contributed by atoms with van der Waals surface area (Å²) < 4.78 is 38.6. The van der Waals surface area contributed by atoms with Crippen molar-refractivity contribution in [2.45, 2.75) is 154 Å². The van der Waals surface area contributed by atoms with Crippen molar-refractivity contribution in [3.8, 4) is 0 Å². The number of hydrogen-bond acceptors (Lipinski definition) is 27. The van der Waals surface area contributed by atoms with Crippen LogP contribution in [-0.4, -0.2) is 290 Å². The van der Waals surface area contributed by atoms with Gasteiger partial charge in [0.1, 0.15) is 98.6 Å². The Morgan fingerprint density at radius 2 is 1.18 bits per heavy atom. The second-order valence-electron chi connectivity index (χ2n) is 16.3. The number of carboxylic acid groups (broad SMARTS) is 2. The van der Waals surface area contributed by atoms with Gasteiger partial charge >= 0.3 is 11.9 Å². The number of aliphatic hydroxyl groups is 15. The molecule has 0 aromatic carbocycles. The van der Waals surface area contributed by atoms with Crippen molar-refractivity contribution in [2.24, 2.45) is 0 Å². The van der Waals surface area contributed by atoms with Crippen LogP contribution >= 0.6 is 0 Å². The second-order valence-corrected chi connectivity index (χ2v) is 16.3. The molecule has 0 saturated carbocycles.